The fraction of sp³-hybridized carbons (Fsp3) is 0.958. The van der Waals surface area contributed by atoms with E-state index >= 15 is 0 Å². The van der Waals surface area contributed by atoms with Crippen LogP contribution in [0.3, 0.4) is 0 Å². The molecule has 0 aliphatic heterocycles. The van der Waals surface area contributed by atoms with E-state index in [0.29, 0.717) is 19.3 Å². The Morgan fingerprint density at radius 2 is 1.11 bits per heavy atom. The third kappa shape index (κ3) is 23.8. The van der Waals surface area contributed by atoms with E-state index in [1.807, 2.05) is 0 Å². The summed E-state index contributed by atoms with van der Waals surface area (Å²) in [5.41, 5.74) is 0. The Morgan fingerprint density at radius 1 is 0.643 bits per heavy atom. The maximum absolute atomic E-state index is 13.8. The van der Waals surface area contributed by atoms with Gasteiger partial charge in [-0.25, -0.2) is 4.39 Å². The molecular weight excluding hydrogens is 364 g/mol. The van der Waals surface area contributed by atoms with Crippen LogP contribution in [0.1, 0.15) is 135 Å². The van der Waals surface area contributed by atoms with E-state index in [1.165, 1.54) is 57.8 Å². The van der Waals surface area contributed by atoms with Crippen LogP contribution in [0.5, 0.6) is 0 Å². The van der Waals surface area contributed by atoms with Crippen molar-refractivity contribution in [1.29, 1.82) is 0 Å². The second kappa shape index (κ2) is 20.0. The molecule has 0 heterocycles. The number of hydrogen-bond acceptors (Lipinski definition) is 0. The zero-order valence-electron chi connectivity index (χ0n) is 18.3. The molecule has 1 unspecified atom stereocenters. The molecule has 0 saturated carbocycles. The van der Waals surface area contributed by atoms with E-state index in [-0.39, 0.29) is 6.42 Å². The number of unbranched alkanes of at least 4 members (excludes halogenated alkanes) is 16. The lowest BCUT2D eigenvalue weighted by atomic mass is 10.0. The van der Waals surface area contributed by atoms with Crippen molar-refractivity contribution in [2.24, 2.45) is 0 Å². The summed E-state index contributed by atoms with van der Waals surface area (Å²) >= 11 is 0. The van der Waals surface area contributed by atoms with Crippen LogP contribution < -0.4 is 0 Å². The van der Waals surface area contributed by atoms with Crippen LogP contribution in [0.15, 0.2) is 0 Å². The molecule has 0 saturated heterocycles. The van der Waals surface area contributed by atoms with Gasteiger partial charge < -0.3 is 0 Å². The van der Waals surface area contributed by atoms with Crippen LogP contribution in [-0.4, -0.2) is 12.3 Å². The molecular formula is C24H45F4. The summed E-state index contributed by atoms with van der Waals surface area (Å²) in [6.45, 7) is 2.22. The van der Waals surface area contributed by atoms with Gasteiger partial charge in [0.1, 0.15) is 6.17 Å². The summed E-state index contributed by atoms with van der Waals surface area (Å²) < 4.78 is 49.8. The van der Waals surface area contributed by atoms with Gasteiger partial charge >= 0.3 is 6.18 Å². The summed E-state index contributed by atoms with van der Waals surface area (Å²) in [6, 6.07) is 0. The van der Waals surface area contributed by atoms with E-state index in [2.05, 4.69) is 13.3 Å². The monoisotopic (exact) mass is 409 g/mol. The molecule has 0 bridgehead atoms. The molecule has 0 nitrogen and oxygen atoms in total. The maximum Gasteiger partial charge on any atom is 0.389 e. The molecule has 0 fully saturated rings. The highest BCUT2D eigenvalue weighted by Gasteiger charge is 2.25. The highest BCUT2D eigenvalue weighted by molar-refractivity contribution is 4.71. The van der Waals surface area contributed by atoms with Crippen LogP contribution in [0.4, 0.5) is 17.6 Å². The minimum absolute atomic E-state index is 0.272. The first-order chi connectivity index (χ1) is 13.5. The third-order valence-electron chi connectivity index (χ3n) is 5.41. The molecule has 28 heavy (non-hydrogen) atoms. The first-order valence-electron chi connectivity index (χ1n) is 12.0. The van der Waals surface area contributed by atoms with Crippen molar-refractivity contribution in [2.45, 2.75) is 148 Å². The first kappa shape index (κ1) is 27.7. The summed E-state index contributed by atoms with van der Waals surface area (Å²) in [4.78, 5) is 0. The van der Waals surface area contributed by atoms with Crippen molar-refractivity contribution in [1.82, 2.24) is 0 Å². The average molecular weight is 410 g/mol. The Bertz CT molecular complexity index is 301. The van der Waals surface area contributed by atoms with Gasteiger partial charge in [-0.1, -0.05) is 110 Å². The van der Waals surface area contributed by atoms with Crippen LogP contribution in [0.2, 0.25) is 0 Å². The zero-order valence-corrected chi connectivity index (χ0v) is 18.3. The molecule has 0 rings (SSSR count). The molecule has 0 spiro atoms. The lowest BCUT2D eigenvalue weighted by Gasteiger charge is -2.08. The topological polar surface area (TPSA) is 0 Å². The van der Waals surface area contributed by atoms with Gasteiger partial charge in [0.25, 0.3) is 0 Å². The molecule has 1 radical (unpaired) electrons. The van der Waals surface area contributed by atoms with Crippen molar-refractivity contribution < 1.29 is 17.6 Å². The van der Waals surface area contributed by atoms with Gasteiger partial charge in [0, 0.05) is 6.42 Å². The number of alkyl halides is 4. The summed E-state index contributed by atoms with van der Waals surface area (Å²) in [5, 5.41) is 0. The van der Waals surface area contributed by atoms with Crippen molar-refractivity contribution in [3.05, 3.63) is 6.42 Å². The van der Waals surface area contributed by atoms with E-state index in [1.54, 1.807) is 0 Å². The smallest absolute Gasteiger partial charge is 0.247 e. The van der Waals surface area contributed by atoms with Gasteiger partial charge in [-0.05, 0) is 25.7 Å². The summed E-state index contributed by atoms with van der Waals surface area (Å²) in [7, 11) is 0. The Hall–Kier alpha value is -0.280. The highest BCUT2D eigenvalue weighted by atomic mass is 19.4. The predicted octanol–water partition coefficient (Wildman–Crippen LogP) is 9.91. The van der Waals surface area contributed by atoms with Gasteiger partial charge in [-0.3, -0.25) is 0 Å². The van der Waals surface area contributed by atoms with E-state index in [0.717, 1.165) is 38.5 Å². The molecule has 0 aromatic carbocycles. The Balaban J connectivity index is 3.16. The molecule has 0 N–H and O–H groups in total. The number of rotatable bonds is 21. The van der Waals surface area contributed by atoms with Crippen molar-refractivity contribution >= 4 is 0 Å². The molecule has 0 aliphatic rings. The zero-order chi connectivity index (χ0) is 20.9. The standard InChI is InChI=1S/C24H45F4/c1-2-3-4-5-11-14-17-20-23(25)21-18-15-12-9-7-6-8-10-13-16-19-22-24(26,27)28/h18,23H,2-17,19-22H2,1H3. The minimum Gasteiger partial charge on any atom is -0.247 e. The second-order valence-corrected chi connectivity index (χ2v) is 8.37. The lowest BCUT2D eigenvalue weighted by Crippen LogP contribution is -2.06. The molecule has 169 valence electrons. The minimum atomic E-state index is -3.99. The third-order valence-corrected chi connectivity index (χ3v) is 5.41. The SMILES string of the molecule is CCCCCCCCCC(F)C[CH]CCCCCCCCCCCC(F)(F)F. The van der Waals surface area contributed by atoms with E-state index in [4.69, 9.17) is 0 Å². The van der Waals surface area contributed by atoms with Gasteiger partial charge in [0.15, 0.2) is 0 Å². The lowest BCUT2D eigenvalue weighted by molar-refractivity contribution is -0.135. The average Bonchev–Trinajstić information content (AvgIpc) is 2.64. The quantitative estimate of drug-likeness (QED) is 0.131. The Morgan fingerprint density at radius 3 is 1.64 bits per heavy atom. The summed E-state index contributed by atoms with van der Waals surface area (Å²) in [5.74, 6) is 0. The largest absolute Gasteiger partial charge is 0.389 e. The highest BCUT2D eigenvalue weighted by Crippen LogP contribution is 2.23. The molecule has 0 amide bonds. The normalized spacial score (nSPS) is 13.2. The van der Waals surface area contributed by atoms with Gasteiger partial charge in [-0.15, -0.1) is 0 Å². The molecule has 0 aliphatic carbocycles. The van der Waals surface area contributed by atoms with E-state index in [9.17, 15) is 17.6 Å². The number of hydrogen-bond donors (Lipinski definition) is 0. The van der Waals surface area contributed by atoms with Crippen LogP contribution >= 0.6 is 0 Å². The van der Waals surface area contributed by atoms with Gasteiger partial charge in [0.05, 0.1) is 0 Å². The number of halogens is 4. The molecule has 1 atom stereocenters. The second-order valence-electron chi connectivity index (χ2n) is 8.37. The van der Waals surface area contributed by atoms with Crippen LogP contribution in [-0.2, 0) is 0 Å². The fourth-order valence-electron chi connectivity index (χ4n) is 3.59. The Kier molecular flexibility index (Phi) is 19.8. The van der Waals surface area contributed by atoms with Gasteiger partial charge in [0.2, 0.25) is 0 Å². The molecule has 4 heteroatoms. The molecule has 0 aromatic rings. The van der Waals surface area contributed by atoms with Crippen molar-refractivity contribution in [3.8, 4) is 0 Å². The van der Waals surface area contributed by atoms with Crippen LogP contribution in [0.25, 0.3) is 0 Å². The van der Waals surface area contributed by atoms with Crippen molar-refractivity contribution in [3.63, 3.8) is 0 Å². The predicted molar refractivity (Wildman–Crippen MR) is 113 cm³/mol. The van der Waals surface area contributed by atoms with Gasteiger partial charge in [-0.2, -0.15) is 13.2 Å². The Labute approximate surface area is 172 Å². The molecule has 0 aromatic heterocycles. The maximum atomic E-state index is 13.8. The van der Waals surface area contributed by atoms with Crippen LogP contribution in [0, 0.1) is 6.42 Å². The fourth-order valence-corrected chi connectivity index (χ4v) is 3.59. The van der Waals surface area contributed by atoms with Crippen molar-refractivity contribution in [2.75, 3.05) is 0 Å². The first-order valence-corrected chi connectivity index (χ1v) is 12.0. The van der Waals surface area contributed by atoms with E-state index < -0.39 is 18.8 Å². The summed E-state index contributed by atoms with van der Waals surface area (Å²) in [6.07, 6.45) is 16.6.